The molecule has 0 spiro atoms. The number of piperazine rings is 2. The number of hydrogen-bond acceptors (Lipinski definition) is 14. The van der Waals surface area contributed by atoms with E-state index in [1.54, 1.807) is 53.1 Å². The highest BCUT2D eigenvalue weighted by atomic mass is 16.5. The number of anilines is 5. The number of phenols is 2. The average molecular weight is 860 g/mol. The molecular formula is C47H53N7O9. The summed E-state index contributed by atoms with van der Waals surface area (Å²) in [7, 11) is 0. The molecule has 5 aromatic carbocycles. The molecule has 63 heavy (non-hydrogen) atoms. The Morgan fingerprint density at radius 3 is 1.67 bits per heavy atom. The maximum Gasteiger partial charge on any atom is 0.272 e. The molecule has 0 unspecified atom stereocenters. The molecule has 2 amide bonds. The zero-order chi connectivity index (χ0) is 44.4. The predicted molar refractivity (Wildman–Crippen MR) is 241 cm³/mol. The van der Waals surface area contributed by atoms with Crippen molar-refractivity contribution in [3.63, 3.8) is 0 Å². The molecule has 0 aromatic heterocycles. The van der Waals surface area contributed by atoms with Crippen LogP contribution >= 0.6 is 0 Å². The maximum atomic E-state index is 13.2. The minimum atomic E-state index is -0.697. The average Bonchev–Trinajstić information content (AvgIpc) is 4.00. The number of carbonyl (C=O) groups is 2. The number of fused-ring (bicyclic) bond motifs is 2. The molecule has 0 radical (unpaired) electrons. The van der Waals surface area contributed by atoms with Crippen molar-refractivity contribution in [1.29, 1.82) is 0 Å². The largest absolute Gasteiger partial charge is 0.505 e. The van der Waals surface area contributed by atoms with Gasteiger partial charge in [-0.25, -0.2) is 0 Å². The van der Waals surface area contributed by atoms with Crippen LogP contribution in [0.15, 0.2) is 85.9 Å². The first-order valence-corrected chi connectivity index (χ1v) is 21.8. The molecule has 16 heteroatoms. The monoisotopic (exact) mass is 859 g/mol. The number of rotatable bonds is 12. The van der Waals surface area contributed by atoms with Crippen LogP contribution in [0, 0.1) is 0 Å². The minimum absolute atomic E-state index is 0.00585. The number of carbonyl (C=O) groups excluding carboxylic acids is 2. The Kier molecular flexibility index (Phi) is 12.6. The lowest BCUT2D eigenvalue weighted by Gasteiger charge is -2.37. The molecule has 16 nitrogen and oxygen atoms in total. The van der Waals surface area contributed by atoms with Crippen LogP contribution in [0.2, 0.25) is 0 Å². The second kappa shape index (κ2) is 18.4. The zero-order valence-electron chi connectivity index (χ0n) is 35.5. The van der Waals surface area contributed by atoms with Gasteiger partial charge in [0.25, 0.3) is 33.5 Å². The molecule has 0 bridgehead atoms. The van der Waals surface area contributed by atoms with Crippen LogP contribution in [-0.2, 0) is 0 Å². The molecule has 0 saturated carbocycles. The quantitative estimate of drug-likeness (QED) is 0.0880. The van der Waals surface area contributed by atoms with Gasteiger partial charge in [0.15, 0.2) is 17.2 Å². The molecule has 4 fully saturated rings. The van der Waals surface area contributed by atoms with Crippen LogP contribution in [0.25, 0.3) is 0 Å². The fraction of sp³-hybridized carbons (Fsp3) is 0.404. The first kappa shape index (κ1) is 43.1. The van der Waals surface area contributed by atoms with Gasteiger partial charge in [-0.3, -0.25) is 38.6 Å². The second-order valence-corrected chi connectivity index (χ2v) is 16.5. The smallest absolute Gasteiger partial charge is 0.272 e. The third kappa shape index (κ3) is 8.52. The fourth-order valence-electron chi connectivity index (χ4n) is 9.29. The highest BCUT2D eigenvalue weighted by Crippen LogP contribution is 2.36. The number of amides is 2. The number of benzene rings is 3. The van der Waals surface area contributed by atoms with Crippen LogP contribution in [0.5, 0.6) is 17.2 Å². The van der Waals surface area contributed by atoms with E-state index in [1.165, 1.54) is 0 Å². The van der Waals surface area contributed by atoms with Crippen molar-refractivity contribution in [1.82, 2.24) is 19.6 Å². The van der Waals surface area contributed by atoms with Crippen molar-refractivity contribution in [2.75, 3.05) is 74.9 Å². The topological polar surface area (TPSA) is 201 Å². The van der Waals surface area contributed by atoms with Crippen molar-refractivity contribution in [2.45, 2.75) is 64.1 Å². The first-order chi connectivity index (χ1) is 30.5. The standard InChI is InChI=1S/C27H30N4O4.C20H23N3O5/c1-2-20(17-8-4-3-5-9-17)28-22-23(26(34)25(22)33)29-21-12-6-11-19(24(21)32)27(35)31-15-14-30-13-7-10-18(30)16-31;1-2-28-19-15(17(25)18(19)26)21-14-7-3-6-13(16(14)24)20(27)23-10-9-22-8-4-5-12(22)11-23/h3-6,8-9,11-12,18,20,28-29,32H,2,7,10,13-16H2,1H3;3,6-7,12,21,24H,2,4-5,8-11H2,1H3/t18-,20-;12-/m00/s1. The Morgan fingerprint density at radius 1 is 0.635 bits per heavy atom. The van der Waals surface area contributed by atoms with Gasteiger partial charge in [0.05, 0.1) is 35.2 Å². The lowest BCUT2D eigenvalue weighted by atomic mass is 10.0. The summed E-state index contributed by atoms with van der Waals surface area (Å²) in [5, 5.41) is 30.4. The summed E-state index contributed by atoms with van der Waals surface area (Å²) < 4.78 is 5.18. The highest BCUT2D eigenvalue weighted by molar-refractivity contribution is 6.00. The molecule has 4 saturated heterocycles. The molecule has 9 rings (SSSR count). The van der Waals surface area contributed by atoms with Crippen molar-refractivity contribution in [3.8, 4) is 17.2 Å². The van der Waals surface area contributed by atoms with E-state index < -0.39 is 21.7 Å². The summed E-state index contributed by atoms with van der Waals surface area (Å²) in [6.07, 6.45) is 5.19. The summed E-state index contributed by atoms with van der Waals surface area (Å²) >= 11 is 0. The summed E-state index contributed by atoms with van der Waals surface area (Å²) in [6.45, 7) is 10.4. The minimum Gasteiger partial charge on any atom is -0.505 e. The van der Waals surface area contributed by atoms with Crippen LogP contribution in [0.4, 0.5) is 28.4 Å². The number of nitrogens with one attached hydrogen (secondary N) is 3. The van der Waals surface area contributed by atoms with E-state index >= 15 is 0 Å². The molecule has 4 heterocycles. The molecule has 5 aromatic rings. The normalized spacial score (nSPS) is 19.2. The molecule has 330 valence electrons. The molecule has 4 aliphatic heterocycles. The van der Waals surface area contributed by atoms with Crippen molar-refractivity contribution in [2.24, 2.45) is 0 Å². The van der Waals surface area contributed by atoms with Gasteiger partial charge in [0, 0.05) is 51.4 Å². The summed E-state index contributed by atoms with van der Waals surface area (Å²) in [5.41, 5.74) is -0.550. The van der Waals surface area contributed by atoms with E-state index in [-0.39, 0.29) is 81.3 Å². The van der Waals surface area contributed by atoms with E-state index in [0.29, 0.717) is 44.7 Å². The third-order valence-electron chi connectivity index (χ3n) is 12.8. The molecule has 0 aliphatic carbocycles. The van der Waals surface area contributed by atoms with Crippen LogP contribution in [0.1, 0.15) is 78.3 Å². The maximum absolute atomic E-state index is 13.2. The van der Waals surface area contributed by atoms with Gasteiger partial charge >= 0.3 is 0 Å². The second-order valence-electron chi connectivity index (χ2n) is 16.5. The van der Waals surface area contributed by atoms with Crippen LogP contribution in [0.3, 0.4) is 0 Å². The first-order valence-electron chi connectivity index (χ1n) is 21.8. The number of hydrogen-bond donors (Lipinski definition) is 5. The van der Waals surface area contributed by atoms with E-state index in [0.717, 1.165) is 57.4 Å². The lowest BCUT2D eigenvalue weighted by molar-refractivity contribution is 0.0563. The summed E-state index contributed by atoms with van der Waals surface area (Å²) in [5.74, 6) is -0.961. The zero-order valence-corrected chi connectivity index (χ0v) is 35.5. The number of aromatic hydroxyl groups is 2. The number of nitrogens with zero attached hydrogens (tertiary/aromatic N) is 4. The SMILES string of the molecule is CCOc1c(Nc2cccc(C(=O)N3CCN4CCC[C@H]4C3)c2O)c(=O)c1=O.CC[C@H](Nc1c(Nc2cccc(C(=O)N3CCN4CCC[C@H]4C3)c2O)c(=O)c1=O)c1ccccc1. The Hall–Kier alpha value is -6.52. The third-order valence-corrected chi connectivity index (χ3v) is 12.8. The van der Waals surface area contributed by atoms with Gasteiger partial charge in [-0.15, -0.1) is 0 Å². The van der Waals surface area contributed by atoms with Crippen molar-refractivity contribution < 1.29 is 24.5 Å². The van der Waals surface area contributed by atoms with Gasteiger partial charge in [0.2, 0.25) is 0 Å². The fourth-order valence-corrected chi connectivity index (χ4v) is 9.29. The van der Waals surface area contributed by atoms with Crippen LogP contribution in [-0.4, -0.2) is 113 Å². The summed E-state index contributed by atoms with van der Waals surface area (Å²) in [6, 6.07) is 19.9. The van der Waals surface area contributed by atoms with E-state index in [1.807, 2.05) is 37.3 Å². The number of ether oxygens (including phenoxy) is 1. The van der Waals surface area contributed by atoms with Crippen molar-refractivity contribution in [3.05, 3.63) is 124 Å². The Labute approximate surface area is 364 Å². The molecule has 3 atom stereocenters. The van der Waals surface area contributed by atoms with Gasteiger partial charge in [-0.2, -0.15) is 0 Å². The van der Waals surface area contributed by atoms with Gasteiger partial charge in [-0.1, -0.05) is 49.4 Å². The lowest BCUT2D eigenvalue weighted by Crippen LogP contribution is -2.52. The Morgan fingerprint density at radius 2 is 1.14 bits per heavy atom. The summed E-state index contributed by atoms with van der Waals surface area (Å²) in [4.78, 5) is 82.8. The molecule has 4 aliphatic rings. The Balaban J connectivity index is 0.000000177. The highest BCUT2D eigenvalue weighted by Gasteiger charge is 2.36. The predicted octanol–water partition coefficient (Wildman–Crippen LogP) is 4.27. The van der Waals surface area contributed by atoms with Gasteiger partial charge in [0.1, 0.15) is 17.1 Å². The molecular weight excluding hydrogens is 807 g/mol. The van der Waals surface area contributed by atoms with Gasteiger partial charge < -0.3 is 40.7 Å². The molecule has 5 N–H and O–H groups in total. The Bertz CT molecular complexity index is 2630. The van der Waals surface area contributed by atoms with E-state index in [4.69, 9.17) is 4.74 Å². The van der Waals surface area contributed by atoms with E-state index in [2.05, 4.69) is 25.8 Å². The van der Waals surface area contributed by atoms with E-state index in [9.17, 15) is 39.0 Å². The van der Waals surface area contributed by atoms with Gasteiger partial charge in [-0.05, 0) is 81.9 Å². The van der Waals surface area contributed by atoms with Crippen molar-refractivity contribution >= 4 is 40.3 Å². The van der Waals surface area contributed by atoms with Crippen LogP contribution < -0.4 is 42.4 Å². The number of phenolic OH excluding ortho intramolecular Hbond substituents is 2. The number of para-hydroxylation sites is 2.